The Morgan fingerprint density at radius 1 is 1.22 bits per heavy atom. The number of hydrogen-bond donors (Lipinski definition) is 2. The van der Waals surface area contributed by atoms with Crippen LogP contribution in [0.2, 0.25) is 0 Å². The second-order valence-electron chi connectivity index (χ2n) is 7.59. The Morgan fingerprint density at radius 2 is 1.85 bits per heavy atom. The molecule has 0 aromatic carbocycles. The Labute approximate surface area is 158 Å². The number of halogens is 3. The first-order chi connectivity index (χ1) is 12.3. The highest BCUT2D eigenvalue weighted by Crippen LogP contribution is 2.34. The number of hydrogen-bond acceptors (Lipinski definition) is 6. The van der Waals surface area contributed by atoms with Gasteiger partial charge in [-0.25, -0.2) is 4.98 Å². The molecular weight excluding hydrogens is 356 g/mol. The normalized spacial score (nSPS) is 12.5. The number of nitrogens with one attached hydrogen (secondary N) is 2. The van der Waals surface area contributed by atoms with E-state index in [1.54, 1.807) is 20.0 Å². The molecule has 0 radical (unpaired) electrons. The molecule has 7 nitrogen and oxygen atoms in total. The van der Waals surface area contributed by atoms with E-state index < -0.39 is 17.3 Å². The van der Waals surface area contributed by atoms with Crippen LogP contribution in [0.1, 0.15) is 25.1 Å². The third kappa shape index (κ3) is 4.38. The fourth-order valence-corrected chi connectivity index (χ4v) is 2.32. The van der Waals surface area contributed by atoms with E-state index in [4.69, 9.17) is 0 Å². The van der Waals surface area contributed by atoms with Crippen molar-refractivity contribution in [3.05, 3.63) is 23.7 Å². The average Bonchev–Trinajstić information content (AvgIpc) is 2.98. The van der Waals surface area contributed by atoms with Gasteiger partial charge in [-0.15, -0.1) is 0 Å². The van der Waals surface area contributed by atoms with E-state index in [2.05, 4.69) is 31.8 Å². The summed E-state index contributed by atoms with van der Waals surface area (Å²) in [7, 11) is 7.18. The molecule has 0 aliphatic rings. The van der Waals surface area contributed by atoms with Crippen LogP contribution in [0.15, 0.2) is 12.4 Å². The van der Waals surface area contributed by atoms with Crippen molar-refractivity contribution in [1.82, 2.24) is 19.7 Å². The third-order valence-electron chi connectivity index (χ3n) is 3.85. The van der Waals surface area contributed by atoms with Crippen LogP contribution in [0.3, 0.4) is 0 Å². The quantitative estimate of drug-likeness (QED) is 0.701. The van der Waals surface area contributed by atoms with E-state index >= 15 is 0 Å². The van der Waals surface area contributed by atoms with Gasteiger partial charge in [-0.2, -0.15) is 28.5 Å². The first-order valence-corrected chi connectivity index (χ1v) is 8.20. The molecular formula is C14H19B3F3N7. The van der Waals surface area contributed by atoms with Crippen LogP contribution in [-0.2, 0) is 16.8 Å². The smallest absolute Gasteiger partial charge is 0.372 e. The first kappa shape index (κ1) is 20.7. The van der Waals surface area contributed by atoms with Crippen molar-refractivity contribution in [3.8, 4) is 6.07 Å². The maximum atomic E-state index is 13.0. The molecule has 2 heterocycles. The van der Waals surface area contributed by atoms with Gasteiger partial charge in [-0.3, -0.25) is 4.68 Å². The maximum Gasteiger partial charge on any atom is 0.421 e. The van der Waals surface area contributed by atoms with Crippen molar-refractivity contribution >= 4 is 41.0 Å². The van der Waals surface area contributed by atoms with Gasteiger partial charge in [0.15, 0.2) is 0 Å². The molecule has 0 spiro atoms. The lowest BCUT2D eigenvalue weighted by Gasteiger charge is -2.19. The zero-order chi connectivity index (χ0) is 20.6. The monoisotopic (exact) mass is 375 g/mol. The number of anilines is 3. The van der Waals surface area contributed by atoms with Crippen LogP contribution in [-0.4, -0.2) is 50.3 Å². The van der Waals surface area contributed by atoms with Gasteiger partial charge in [-0.1, -0.05) is 5.11 Å². The predicted octanol–water partition coefficient (Wildman–Crippen LogP) is -0.255. The van der Waals surface area contributed by atoms with E-state index in [-0.39, 0.29) is 16.9 Å². The molecule has 0 amide bonds. The topological polar surface area (TPSA) is 91.5 Å². The van der Waals surface area contributed by atoms with E-state index in [9.17, 15) is 18.4 Å². The predicted molar refractivity (Wildman–Crippen MR) is 104 cm³/mol. The molecule has 13 heteroatoms. The SMILES string of the molecule is BC(B)(B)c1nn(C(C)(C)C#N)cc1Nc1ncc(C(F)(F)F)c(NC)n1. The lowest BCUT2D eigenvalue weighted by atomic mass is 9.41. The van der Waals surface area contributed by atoms with E-state index in [0.717, 1.165) is 6.20 Å². The van der Waals surface area contributed by atoms with Crippen LogP contribution < -0.4 is 10.6 Å². The number of nitriles is 1. The summed E-state index contributed by atoms with van der Waals surface area (Å²) >= 11 is 0. The van der Waals surface area contributed by atoms with Gasteiger partial charge in [0.25, 0.3) is 0 Å². The van der Waals surface area contributed by atoms with Gasteiger partial charge in [0.2, 0.25) is 5.95 Å². The molecule has 27 heavy (non-hydrogen) atoms. The molecule has 2 rings (SSSR count). The Balaban J connectivity index is 2.50. The van der Waals surface area contributed by atoms with E-state index in [0.29, 0.717) is 11.4 Å². The molecule has 0 atom stereocenters. The second kappa shape index (κ2) is 6.83. The van der Waals surface area contributed by atoms with Crippen molar-refractivity contribution < 1.29 is 13.2 Å². The highest BCUT2D eigenvalue weighted by atomic mass is 19.4. The molecule has 2 aromatic rings. The molecule has 2 N–H and O–H groups in total. The maximum absolute atomic E-state index is 13.0. The minimum Gasteiger partial charge on any atom is -0.372 e. The van der Waals surface area contributed by atoms with Gasteiger partial charge >= 0.3 is 6.18 Å². The summed E-state index contributed by atoms with van der Waals surface area (Å²) in [6, 6.07) is 2.16. The summed E-state index contributed by atoms with van der Waals surface area (Å²) < 4.78 is 40.5. The molecule has 0 fully saturated rings. The van der Waals surface area contributed by atoms with Crippen LogP contribution in [0.4, 0.5) is 30.6 Å². The molecule has 0 aliphatic heterocycles. The van der Waals surface area contributed by atoms with Crippen molar-refractivity contribution in [2.24, 2.45) is 0 Å². The summed E-state index contributed by atoms with van der Waals surface area (Å²) in [5, 5.41) is 18.8. The molecule has 0 bridgehead atoms. The van der Waals surface area contributed by atoms with Crippen LogP contribution in [0.25, 0.3) is 0 Å². The zero-order valence-electron chi connectivity index (χ0n) is 16.0. The molecule has 0 aliphatic carbocycles. The molecule has 2 aromatic heterocycles. The van der Waals surface area contributed by atoms with Crippen molar-refractivity contribution in [2.45, 2.75) is 30.7 Å². The van der Waals surface area contributed by atoms with Crippen LogP contribution in [0, 0.1) is 11.3 Å². The second-order valence-corrected chi connectivity index (χ2v) is 7.59. The number of alkyl halides is 3. The van der Waals surface area contributed by atoms with E-state index in [1.807, 2.05) is 23.5 Å². The lowest BCUT2D eigenvalue weighted by Crippen LogP contribution is -2.30. The highest BCUT2D eigenvalue weighted by molar-refractivity contribution is 6.59. The Bertz CT molecular complexity index is 882. The van der Waals surface area contributed by atoms with Gasteiger partial charge in [0.1, 0.15) is 16.9 Å². The minimum atomic E-state index is -4.56. The van der Waals surface area contributed by atoms with Gasteiger partial charge in [-0.05, 0) is 13.8 Å². The van der Waals surface area contributed by atoms with E-state index in [1.165, 1.54) is 11.7 Å². The first-order valence-electron chi connectivity index (χ1n) is 8.20. The summed E-state index contributed by atoms with van der Waals surface area (Å²) in [5.74, 6) is -0.339. The lowest BCUT2D eigenvalue weighted by molar-refractivity contribution is -0.137. The molecule has 140 valence electrons. The van der Waals surface area contributed by atoms with Crippen LogP contribution in [0.5, 0.6) is 0 Å². The Kier molecular flexibility index (Phi) is 5.23. The zero-order valence-corrected chi connectivity index (χ0v) is 16.0. The third-order valence-corrected chi connectivity index (χ3v) is 3.85. The fraction of sp³-hybridized carbons (Fsp3) is 0.429. The number of nitrogens with zero attached hydrogens (tertiary/aromatic N) is 5. The number of rotatable bonds is 5. The van der Waals surface area contributed by atoms with Gasteiger partial charge in [0.05, 0.1) is 47.2 Å². The summed E-state index contributed by atoms with van der Waals surface area (Å²) in [6.45, 7) is 3.42. The van der Waals surface area contributed by atoms with Crippen LogP contribution >= 0.6 is 0 Å². The summed E-state index contributed by atoms with van der Waals surface area (Å²) in [4.78, 5) is 7.69. The minimum absolute atomic E-state index is 0.00726. The summed E-state index contributed by atoms with van der Waals surface area (Å²) in [6.07, 6.45) is -2.21. The highest BCUT2D eigenvalue weighted by Gasteiger charge is 2.35. The van der Waals surface area contributed by atoms with Crippen molar-refractivity contribution in [3.63, 3.8) is 0 Å². The molecule has 0 saturated carbocycles. The Hall–Kier alpha value is -2.64. The largest absolute Gasteiger partial charge is 0.421 e. The van der Waals surface area contributed by atoms with Crippen molar-refractivity contribution in [2.75, 3.05) is 17.7 Å². The van der Waals surface area contributed by atoms with Gasteiger partial charge < -0.3 is 10.6 Å². The Morgan fingerprint density at radius 3 is 2.33 bits per heavy atom. The average molecular weight is 375 g/mol. The molecule has 0 unspecified atom stereocenters. The van der Waals surface area contributed by atoms with Gasteiger partial charge in [0, 0.05) is 13.2 Å². The summed E-state index contributed by atoms with van der Waals surface area (Å²) in [5.41, 5.74) is -0.683. The van der Waals surface area contributed by atoms with Crippen molar-refractivity contribution in [1.29, 1.82) is 5.26 Å². The fourth-order valence-electron chi connectivity index (χ4n) is 2.32. The standard InChI is InChI=1S/C14H19B3F3N7/c1-12(2,6-21)27-5-8(9(26-27)13(15,16)17)24-11-23-4-7(14(18,19)20)10(22-3)25-11/h4-5H,15-17H2,1-3H3,(H2,22,23,24,25). The molecule has 0 saturated heterocycles. The number of aromatic nitrogens is 4.